The average Bonchev–Trinajstić information content (AvgIpc) is 3.49. The lowest BCUT2D eigenvalue weighted by Crippen LogP contribution is -2.29. The molecule has 0 aromatic carbocycles. The first-order valence-electron chi connectivity index (χ1n) is 12.8. The zero-order valence-electron chi connectivity index (χ0n) is 21.6. The van der Waals surface area contributed by atoms with E-state index in [1.165, 1.54) is 5.56 Å². The molecule has 1 saturated heterocycles. The third-order valence-electron chi connectivity index (χ3n) is 8.23. The van der Waals surface area contributed by atoms with Crippen LogP contribution in [0.25, 0.3) is 0 Å². The molecule has 1 saturated carbocycles. The number of nitrogens with zero attached hydrogens (tertiary/aromatic N) is 6. The van der Waals surface area contributed by atoms with Crippen LogP contribution >= 0.6 is 0 Å². The van der Waals surface area contributed by atoms with Crippen molar-refractivity contribution in [2.45, 2.75) is 45.2 Å². The van der Waals surface area contributed by atoms with Crippen LogP contribution in [-0.2, 0) is 17.8 Å². The van der Waals surface area contributed by atoms with Gasteiger partial charge >= 0.3 is 0 Å². The van der Waals surface area contributed by atoms with E-state index in [1.807, 2.05) is 35.8 Å². The van der Waals surface area contributed by atoms with Crippen molar-refractivity contribution in [1.29, 1.82) is 0 Å². The van der Waals surface area contributed by atoms with Crippen molar-refractivity contribution >= 4 is 24.3 Å². The molecule has 1 amide bonds. The molecule has 2 aromatic heterocycles. The maximum absolute atomic E-state index is 13.6. The number of H-pyrrole nitrogens is 1. The minimum atomic E-state index is -2.52. The van der Waals surface area contributed by atoms with E-state index in [9.17, 15) is 13.6 Å². The largest absolute Gasteiger partial charge is 0.356 e. The van der Waals surface area contributed by atoms with Gasteiger partial charge in [0.2, 0.25) is 0 Å². The minimum absolute atomic E-state index is 0.159. The van der Waals surface area contributed by atoms with Crippen LogP contribution in [0.1, 0.15) is 40.7 Å². The van der Waals surface area contributed by atoms with Crippen molar-refractivity contribution < 1.29 is 13.6 Å². The Bertz CT molecular complexity index is 1410. The number of piperidine rings is 1. The Kier molecular flexibility index (Phi) is 5.69. The lowest BCUT2D eigenvalue weighted by molar-refractivity contribution is -0.118. The molecular formula is C27H30F2N8O. The molecular weight excluding hydrogens is 490 g/mol. The Morgan fingerprint density at radius 3 is 2.76 bits per heavy atom. The Labute approximate surface area is 219 Å². The Morgan fingerprint density at radius 2 is 2.08 bits per heavy atom. The SMILES string of the molecule is C=N/C=C1/C(C(=O)N[C@@H]2CCc3c2n[nH]c3C)=CN(Cc2ccc(N3CC4C(C3)C4(F)F)nc2C)C1=NC. The molecule has 4 heterocycles. The van der Waals surface area contributed by atoms with Crippen LogP contribution in [0.15, 0.2) is 45.7 Å². The summed E-state index contributed by atoms with van der Waals surface area (Å²) >= 11 is 0. The fourth-order valence-corrected chi connectivity index (χ4v) is 6.01. The Morgan fingerprint density at radius 1 is 1.32 bits per heavy atom. The van der Waals surface area contributed by atoms with Gasteiger partial charge in [-0.15, -0.1) is 0 Å². The van der Waals surface area contributed by atoms with Crippen molar-refractivity contribution in [3.8, 4) is 0 Å². The smallest absolute Gasteiger partial charge is 0.258 e. The molecule has 38 heavy (non-hydrogen) atoms. The van der Waals surface area contributed by atoms with Gasteiger partial charge in [0.1, 0.15) is 11.7 Å². The molecule has 2 aliphatic heterocycles. The van der Waals surface area contributed by atoms with Gasteiger partial charge in [-0.3, -0.25) is 19.9 Å². The van der Waals surface area contributed by atoms with E-state index >= 15 is 0 Å². The van der Waals surface area contributed by atoms with Crippen LogP contribution in [0.2, 0.25) is 0 Å². The number of alkyl halides is 2. The normalized spacial score (nSPS) is 27.1. The maximum Gasteiger partial charge on any atom is 0.258 e. The lowest BCUT2D eigenvalue weighted by Gasteiger charge is -2.23. The van der Waals surface area contributed by atoms with Crippen molar-refractivity contribution in [1.82, 2.24) is 25.4 Å². The third kappa shape index (κ3) is 3.83. The van der Waals surface area contributed by atoms with E-state index in [-0.39, 0.29) is 11.9 Å². The quantitative estimate of drug-likeness (QED) is 0.570. The molecule has 0 radical (unpaired) electrons. The summed E-state index contributed by atoms with van der Waals surface area (Å²) in [5.41, 5.74) is 5.90. The zero-order valence-corrected chi connectivity index (χ0v) is 21.6. The van der Waals surface area contributed by atoms with Gasteiger partial charge in [0, 0.05) is 49.5 Å². The summed E-state index contributed by atoms with van der Waals surface area (Å²) < 4.78 is 27.2. The predicted molar refractivity (Wildman–Crippen MR) is 140 cm³/mol. The van der Waals surface area contributed by atoms with Gasteiger partial charge in [0.25, 0.3) is 11.8 Å². The number of hydrogen-bond donors (Lipinski definition) is 2. The van der Waals surface area contributed by atoms with Crippen LogP contribution in [-0.4, -0.2) is 64.6 Å². The number of nitrogens with one attached hydrogen (secondary N) is 2. The first kappa shape index (κ1) is 24.4. The third-order valence-corrected chi connectivity index (χ3v) is 8.23. The van der Waals surface area contributed by atoms with Gasteiger partial charge < -0.3 is 15.1 Å². The second kappa shape index (κ2) is 8.85. The van der Waals surface area contributed by atoms with Crippen LogP contribution in [0.4, 0.5) is 14.6 Å². The number of amidine groups is 1. The molecule has 4 aliphatic rings. The summed E-state index contributed by atoms with van der Waals surface area (Å²) in [6, 6.07) is 3.69. The van der Waals surface area contributed by atoms with Crippen molar-refractivity contribution in [2.75, 3.05) is 25.0 Å². The van der Waals surface area contributed by atoms with Crippen molar-refractivity contribution in [2.24, 2.45) is 21.8 Å². The first-order valence-corrected chi connectivity index (χ1v) is 12.8. The van der Waals surface area contributed by atoms with E-state index in [1.54, 1.807) is 19.4 Å². The number of rotatable bonds is 6. The van der Waals surface area contributed by atoms with Crippen molar-refractivity contribution in [3.05, 3.63) is 63.9 Å². The second-order valence-corrected chi connectivity index (χ2v) is 10.4. The van der Waals surface area contributed by atoms with E-state index in [2.05, 4.69) is 32.2 Å². The predicted octanol–water partition coefficient (Wildman–Crippen LogP) is 3.24. The van der Waals surface area contributed by atoms with Crippen LogP contribution < -0.4 is 10.2 Å². The van der Waals surface area contributed by atoms with E-state index in [0.717, 1.165) is 41.3 Å². The standard InChI is InChI=1S/C27H30F2N8O/c1-14-16(5-8-23(32-14)36-12-20-21(13-36)27(20,28)29)10-37-11-19(18(9-30-3)25(37)31-4)26(38)33-22-7-6-17-15(2)34-35-24(17)22/h5,8-9,11,20-22H,3,6-7,10,12-13H2,1-2,4H3,(H,33,38)(H,34,35)/b18-9-,31-25?/t20?,21?,22-/m1/s1. The molecule has 0 spiro atoms. The Balaban J connectivity index is 1.20. The van der Waals surface area contributed by atoms with Crippen LogP contribution in [0, 0.1) is 25.7 Å². The highest BCUT2D eigenvalue weighted by molar-refractivity contribution is 6.16. The van der Waals surface area contributed by atoms with E-state index in [4.69, 9.17) is 4.98 Å². The molecule has 0 bridgehead atoms. The van der Waals surface area contributed by atoms with E-state index < -0.39 is 17.8 Å². The number of aromatic amines is 1. The lowest BCUT2D eigenvalue weighted by atomic mass is 10.1. The molecule has 2 aromatic rings. The number of pyridine rings is 1. The monoisotopic (exact) mass is 520 g/mol. The zero-order chi connectivity index (χ0) is 26.8. The molecule has 9 nitrogen and oxygen atoms in total. The maximum atomic E-state index is 13.6. The molecule has 198 valence electrons. The molecule has 2 fully saturated rings. The molecule has 6 rings (SSSR count). The number of hydrogen-bond acceptors (Lipinski definition) is 6. The number of carbonyl (C=O) groups is 1. The molecule has 2 unspecified atom stereocenters. The number of carbonyl (C=O) groups excluding carboxylic acids is 1. The number of aliphatic imine (C=N–C) groups is 2. The number of fused-ring (bicyclic) bond motifs is 2. The summed E-state index contributed by atoms with van der Waals surface area (Å²) in [4.78, 5) is 30.3. The van der Waals surface area contributed by atoms with Crippen LogP contribution in [0.3, 0.4) is 0 Å². The average molecular weight is 521 g/mol. The van der Waals surface area contributed by atoms with Crippen molar-refractivity contribution in [3.63, 3.8) is 0 Å². The summed E-state index contributed by atoms with van der Waals surface area (Å²) in [5, 5.41) is 10.5. The number of halogens is 2. The molecule has 3 atom stereocenters. The van der Waals surface area contributed by atoms with Gasteiger partial charge in [-0.1, -0.05) is 6.07 Å². The highest BCUT2D eigenvalue weighted by atomic mass is 19.3. The van der Waals surface area contributed by atoms with Gasteiger partial charge in [-0.05, 0) is 50.6 Å². The first-order chi connectivity index (χ1) is 18.2. The van der Waals surface area contributed by atoms with Gasteiger partial charge in [0.05, 0.1) is 35.7 Å². The number of amides is 1. The summed E-state index contributed by atoms with van der Waals surface area (Å²) in [5.74, 6) is -2.52. The number of anilines is 1. The topological polar surface area (TPSA) is 102 Å². The van der Waals surface area contributed by atoms with Gasteiger partial charge in [0.15, 0.2) is 0 Å². The summed E-state index contributed by atoms with van der Waals surface area (Å²) in [6.45, 7) is 8.59. The molecule has 2 N–H and O–H groups in total. The fraction of sp³-hybridized carbons (Fsp3) is 0.444. The molecule has 11 heteroatoms. The molecule has 2 aliphatic carbocycles. The van der Waals surface area contributed by atoms with Gasteiger partial charge in [-0.25, -0.2) is 13.8 Å². The highest BCUT2D eigenvalue weighted by Crippen LogP contribution is 2.59. The van der Waals surface area contributed by atoms with E-state index in [0.29, 0.717) is 36.6 Å². The second-order valence-electron chi connectivity index (χ2n) is 10.4. The summed E-state index contributed by atoms with van der Waals surface area (Å²) in [7, 11) is 1.67. The Hall–Kier alpha value is -3.89. The number of aryl methyl sites for hydroxylation is 2. The number of aromatic nitrogens is 3. The minimum Gasteiger partial charge on any atom is -0.356 e. The fourth-order valence-electron chi connectivity index (χ4n) is 6.01. The summed E-state index contributed by atoms with van der Waals surface area (Å²) in [6.07, 6.45) is 5.01. The van der Waals surface area contributed by atoms with Crippen LogP contribution in [0.5, 0.6) is 0 Å². The van der Waals surface area contributed by atoms with Gasteiger partial charge in [-0.2, -0.15) is 5.10 Å². The highest BCUT2D eigenvalue weighted by Gasteiger charge is 2.71.